The van der Waals surface area contributed by atoms with E-state index in [9.17, 15) is 4.79 Å². The molecule has 0 saturated heterocycles. The molecule has 0 radical (unpaired) electrons. The highest BCUT2D eigenvalue weighted by Gasteiger charge is 2.33. The Kier molecular flexibility index (Phi) is 4.48. The van der Waals surface area contributed by atoms with E-state index >= 15 is 0 Å². The number of fused-ring (bicyclic) bond motifs is 3. The van der Waals surface area contributed by atoms with E-state index in [2.05, 4.69) is 60.3 Å². The molecule has 4 heteroatoms. The summed E-state index contributed by atoms with van der Waals surface area (Å²) in [6, 6.07) is 20.4. The monoisotopic (exact) mass is 359 g/mol. The number of benzene rings is 2. The Hall–Kier alpha value is -3.01. The maximum absolute atomic E-state index is 13.3. The van der Waals surface area contributed by atoms with E-state index in [0.717, 1.165) is 22.6 Å². The first kappa shape index (κ1) is 17.4. The second kappa shape index (κ2) is 6.95. The van der Waals surface area contributed by atoms with Crippen LogP contribution >= 0.6 is 0 Å². The van der Waals surface area contributed by atoms with Crippen molar-refractivity contribution in [2.75, 3.05) is 5.32 Å². The van der Waals surface area contributed by atoms with Crippen LogP contribution in [0.4, 0.5) is 10.5 Å². The fraction of sp³-hybridized carbons (Fsp3) is 0.261. The third-order valence-electron chi connectivity index (χ3n) is 5.21. The first-order chi connectivity index (χ1) is 13.0. The molecule has 3 aromatic rings. The van der Waals surface area contributed by atoms with Gasteiger partial charge in [0.2, 0.25) is 0 Å². The van der Waals surface area contributed by atoms with Gasteiger partial charge in [0, 0.05) is 17.6 Å². The van der Waals surface area contributed by atoms with Crippen LogP contribution < -0.4 is 5.32 Å². The van der Waals surface area contributed by atoms with Crippen molar-refractivity contribution in [3.8, 4) is 5.69 Å². The van der Waals surface area contributed by atoms with Crippen molar-refractivity contribution in [2.45, 2.75) is 33.4 Å². The second-order valence-electron chi connectivity index (χ2n) is 7.54. The van der Waals surface area contributed by atoms with E-state index < -0.39 is 0 Å². The molecule has 138 valence electrons. The van der Waals surface area contributed by atoms with E-state index in [1.807, 2.05) is 42.2 Å². The number of hydrogen-bond donors (Lipinski definition) is 1. The Labute approximate surface area is 160 Å². The van der Waals surface area contributed by atoms with Crippen molar-refractivity contribution in [1.29, 1.82) is 0 Å². The zero-order valence-electron chi connectivity index (χ0n) is 16.0. The van der Waals surface area contributed by atoms with Crippen LogP contribution in [0.5, 0.6) is 0 Å². The third-order valence-corrected chi connectivity index (χ3v) is 5.21. The lowest BCUT2D eigenvalue weighted by molar-refractivity contribution is 0.162. The van der Waals surface area contributed by atoms with Gasteiger partial charge < -0.3 is 14.8 Å². The van der Waals surface area contributed by atoms with Crippen molar-refractivity contribution >= 4 is 11.7 Å². The van der Waals surface area contributed by atoms with Gasteiger partial charge in [-0.05, 0) is 48.7 Å². The maximum atomic E-state index is 13.3. The number of urea groups is 1. The van der Waals surface area contributed by atoms with Crippen molar-refractivity contribution < 1.29 is 4.79 Å². The fourth-order valence-electron chi connectivity index (χ4n) is 3.91. The molecule has 0 bridgehead atoms. The Morgan fingerprint density at radius 1 is 1.04 bits per heavy atom. The molecule has 0 spiro atoms. The molecule has 0 aliphatic carbocycles. The molecule has 27 heavy (non-hydrogen) atoms. The molecule has 0 fully saturated rings. The summed E-state index contributed by atoms with van der Waals surface area (Å²) in [7, 11) is 0. The number of nitrogens with zero attached hydrogens (tertiary/aromatic N) is 2. The molecule has 2 amide bonds. The van der Waals surface area contributed by atoms with Gasteiger partial charge in [0.25, 0.3) is 0 Å². The number of aromatic nitrogens is 1. The van der Waals surface area contributed by atoms with Gasteiger partial charge in [0.15, 0.2) is 0 Å². The average Bonchev–Trinajstić information content (AvgIpc) is 3.07. The minimum absolute atomic E-state index is 0.00199. The molecule has 1 aliphatic rings. The van der Waals surface area contributed by atoms with Gasteiger partial charge in [0.05, 0.1) is 18.3 Å². The summed E-state index contributed by atoms with van der Waals surface area (Å²) in [4.78, 5) is 15.2. The summed E-state index contributed by atoms with van der Waals surface area (Å²) in [5, 5.41) is 3.08. The molecule has 1 atom stereocenters. The zero-order chi connectivity index (χ0) is 19.0. The molecule has 4 nitrogen and oxygen atoms in total. The van der Waals surface area contributed by atoms with Gasteiger partial charge in [-0.3, -0.25) is 0 Å². The topological polar surface area (TPSA) is 37.3 Å². The largest absolute Gasteiger partial charge is 0.322 e. The Morgan fingerprint density at radius 2 is 1.78 bits per heavy atom. The lowest BCUT2D eigenvalue weighted by Crippen LogP contribution is -2.39. The molecule has 2 heterocycles. The molecule has 1 aliphatic heterocycles. The highest BCUT2D eigenvalue weighted by atomic mass is 16.2. The molecule has 1 aromatic heterocycles. The Morgan fingerprint density at radius 3 is 2.52 bits per heavy atom. The second-order valence-corrected chi connectivity index (χ2v) is 7.54. The number of carbonyl (C=O) groups excluding carboxylic acids is 1. The minimum atomic E-state index is -0.0676. The number of nitrogens with one attached hydrogen (secondary N) is 1. The third kappa shape index (κ3) is 3.23. The first-order valence-electron chi connectivity index (χ1n) is 9.44. The van der Waals surface area contributed by atoms with Crippen molar-refractivity contribution in [1.82, 2.24) is 9.47 Å². The fourth-order valence-corrected chi connectivity index (χ4v) is 3.91. The van der Waals surface area contributed by atoms with Gasteiger partial charge >= 0.3 is 6.03 Å². The van der Waals surface area contributed by atoms with E-state index in [1.54, 1.807) is 0 Å². The van der Waals surface area contributed by atoms with Crippen LogP contribution in [-0.2, 0) is 6.54 Å². The van der Waals surface area contributed by atoms with Crippen LogP contribution in [0.2, 0.25) is 0 Å². The van der Waals surface area contributed by atoms with Crippen LogP contribution in [0, 0.1) is 12.8 Å². The number of para-hydroxylation sites is 1. The molecule has 4 rings (SSSR count). The number of rotatable bonds is 2. The summed E-state index contributed by atoms with van der Waals surface area (Å²) < 4.78 is 2.22. The number of hydrogen-bond acceptors (Lipinski definition) is 1. The van der Waals surface area contributed by atoms with Gasteiger partial charge in [-0.25, -0.2) is 4.79 Å². The van der Waals surface area contributed by atoms with Crippen molar-refractivity contribution in [2.24, 2.45) is 5.92 Å². The molecular weight excluding hydrogens is 334 g/mol. The van der Waals surface area contributed by atoms with Crippen LogP contribution in [-0.4, -0.2) is 15.5 Å². The normalized spacial score (nSPS) is 15.9. The minimum Gasteiger partial charge on any atom is -0.318 e. The predicted octanol–water partition coefficient (Wildman–Crippen LogP) is 5.53. The summed E-state index contributed by atoms with van der Waals surface area (Å²) in [6.45, 7) is 6.97. The van der Waals surface area contributed by atoms with Gasteiger partial charge in [-0.1, -0.05) is 49.7 Å². The van der Waals surface area contributed by atoms with Crippen LogP contribution in [0.3, 0.4) is 0 Å². The number of carbonyl (C=O) groups is 1. The summed E-state index contributed by atoms with van der Waals surface area (Å²) in [5.41, 5.74) is 5.44. The molecular formula is C23H25N3O. The van der Waals surface area contributed by atoms with E-state index in [-0.39, 0.29) is 18.0 Å². The van der Waals surface area contributed by atoms with Crippen LogP contribution in [0.25, 0.3) is 5.69 Å². The molecule has 1 N–H and O–H groups in total. The van der Waals surface area contributed by atoms with Crippen LogP contribution in [0.1, 0.15) is 36.7 Å². The quantitative estimate of drug-likeness (QED) is 0.642. The van der Waals surface area contributed by atoms with Gasteiger partial charge in [-0.15, -0.1) is 0 Å². The predicted molar refractivity (Wildman–Crippen MR) is 109 cm³/mol. The molecule has 2 aromatic carbocycles. The van der Waals surface area contributed by atoms with E-state index in [4.69, 9.17) is 0 Å². The molecule has 0 unspecified atom stereocenters. The van der Waals surface area contributed by atoms with Gasteiger partial charge in [-0.2, -0.15) is 0 Å². The van der Waals surface area contributed by atoms with E-state index in [0.29, 0.717) is 6.54 Å². The lowest BCUT2D eigenvalue weighted by Gasteiger charge is -2.33. The van der Waals surface area contributed by atoms with Crippen LogP contribution in [0.15, 0.2) is 66.9 Å². The smallest absolute Gasteiger partial charge is 0.318 e. The average molecular weight is 359 g/mol. The summed E-state index contributed by atoms with van der Waals surface area (Å²) in [5.74, 6) is 0.289. The number of amides is 2. The number of aryl methyl sites for hydroxylation is 1. The standard InChI is InChI=1S/C23H25N3O/c1-16(2)22-21-9-6-14-25(21)20-8-5-4-7-18(20)15-26(22)23(27)24-19-12-10-17(3)11-13-19/h4-14,16,22H,15H2,1-3H3,(H,24,27)/t22-/m1/s1. The highest BCUT2D eigenvalue weighted by molar-refractivity contribution is 5.89. The van der Waals surface area contributed by atoms with Gasteiger partial charge in [0.1, 0.15) is 0 Å². The number of anilines is 1. The van der Waals surface area contributed by atoms with E-state index in [1.165, 1.54) is 5.56 Å². The summed E-state index contributed by atoms with van der Waals surface area (Å²) in [6.07, 6.45) is 2.09. The molecule has 0 saturated carbocycles. The first-order valence-corrected chi connectivity index (χ1v) is 9.44. The Bertz CT molecular complexity index is 956. The lowest BCUT2D eigenvalue weighted by atomic mass is 9.99. The summed E-state index contributed by atoms with van der Waals surface area (Å²) >= 11 is 0. The van der Waals surface area contributed by atoms with Crippen molar-refractivity contribution in [3.63, 3.8) is 0 Å². The zero-order valence-corrected chi connectivity index (χ0v) is 16.0. The maximum Gasteiger partial charge on any atom is 0.322 e. The highest BCUT2D eigenvalue weighted by Crippen LogP contribution is 2.36. The van der Waals surface area contributed by atoms with Crippen molar-refractivity contribution in [3.05, 3.63) is 83.7 Å². The SMILES string of the molecule is Cc1ccc(NC(=O)N2Cc3ccccc3-n3cccc3[C@H]2C(C)C)cc1. The Balaban J connectivity index is 1.74.